The molecule has 0 fully saturated rings. The molecule has 0 saturated carbocycles. The van der Waals surface area contributed by atoms with Crippen molar-refractivity contribution in [3.05, 3.63) is 34.4 Å². The van der Waals surface area contributed by atoms with E-state index in [1.165, 1.54) is 0 Å². The van der Waals surface area contributed by atoms with Crippen LogP contribution in [0.5, 0.6) is 0 Å². The molecule has 0 amide bonds. The van der Waals surface area contributed by atoms with Gasteiger partial charge in [0.05, 0.1) is 12.2 Å². The van der Waals surface area contributed by atoms with Crippen LogP contribution in [0.2, 0.25) is 0 Å². The molecule has 3 heteroatoms. The zero-order valence-electron chi connectivity index (χ0n) is 7.66. The molecule has 0 aliphatic rings. The van der Waals surface area contributed by atoms with Crippen LogP contribution in [0.3, 0.4) is 0 Å². The largest absolute Gasteiger partial charge is 0.478 e. The minimum atomic E-state index is -0.917. The number of aryl methyl sites for hydroxylation is 2. The highest BCUT2D eigenvalue weighted by Gasteiger charge is 2.10. The summed E-state index contributed by atoms with van der Waals surface area (Å²) in [7, 11) is 0. The molecule has 13 heavy (non-hydrogen) atoms. The SMILES string of the molecule is Cc1cc(CO)cc(C)c1C(=O)O. The highest BCUT2D eigenvalue weighted by atomic mass is 16.4. The zero-order chi connectivity index (χ0) is 10.0. The van der Waals surface area contributed by atoms with Crippen LogP contribution in [0, 0.1) is 13.8 Å². The van der Waals surface area contributed by atoms with Gasteiger partial charge in [0.2, 0.25) is 0 Å². The van der Waals surface area contributed by atoms with E-state index in [1.54, 1.807) is 26.0 Å². The number of carboxylic acid groups (broad SMARTS) is 1. The van der Waals surface area contributed by atoms with Crippen LogP contribution in [0.25, 0.3) is 0 Å². The smallest absolute Gasteiger partial charge is 0.336 e. The van der Waals surface area contributed by atoms with E-state index in [9.17, 15) is 4.79 Å². The number of aliphatic hydroxyl groups excluding tert-OH is 1. The summed E-state index contributed by atoms with van der Waals surface area (Å²) in [5.74, 6) is -0.917. The lowest BCUT2D eigenvalue weighted by atomic mass is 10.00. The standard InChI is InChI=1S/C10H12O3/c1-6-3-8(5-11)4-7(2)9(6)10(12)13/h3-4,11H,5H2,1-2H3,(H,12,13). The van der Waals surface area contributed by atoms with E-state index in [0.29, 0.717) is 16.7 Å². The number of benzene rings is 1. The van der Waals surface area contributed by atoms with Gasteiger partial charge in [-0.25, -0.2) is 4.79 Å². The van der Waals surface area contributed by atoms with Gasteiger partial charge >= 0.3 is 5.97 Å². The molecule has 0 aromatic heterocycles. The first kappa shape index (κ1) is 9.74. The highest BCUT2D eigenvalue weighted by molar-refractivity contribution is 5.91. The minimum Gasteiger partial charge on any atom is -0.478 e. The zero-order valence-corrected chi connectivity index (χ0v) is 7.66. The van der Waals surface area contributed by atoms with Crippen LogP contribution in [-0.2, 0) is 6.61 Å². The van der Waals surface area contributed by atoms with Crippen molar-refractivity contribution in [3.63, 3.8) is 0 Å². The Morgan fingerprint density at radius 1 is 1.31 bits per heavy atom. The van der Waals surface area contributed by atoms with Crippen molar-refractivity contribution in [3.8, 4) is 0 Å². The van der Waals surface area contributed by atoms with Crippen molar-refractivity contribution < 1.29 is 15.0 Å². The Bertz CT molecular complexity index is 319. The van der Waals surface area contributed by atoms with E-state index in [1.807, 2.05) is 0 Å². The number of carbonyl (C=O) groups is 1. The second-order valence-electron chi connectivity index (χ2n) is 3.07. The summed E-state index contributed by atoms with van der Waals surface area (Å²) in [4.78, 5) is 10.8. The molecule has 1 rings (SSSR count). The van der Waals surface area contributed by atoms with E-state index in [4.69, 9.17) is 10.2 Å². The summed E-state index contributed by atoms with van der Waals surface area (Å²) >= 11 is 0. The average Bonchev–Trinajstić information content (AvgIpc) is 2.02. The maximum atomic E-state index is 10.8. The Labute approximate surface area is 76.6 Å². The van der Waals surface area contributed by atoms with E-state index >= 15 is 0 Å². The van der Waals surface area contributed by atoms with E-state index in [2.05, 4.69) is 0 Å². The first-order chi connectivity index (χ1) is 6.06. The number of hydrogen-bond donors (Lipinski definition) is 2. The Morgan fingerprint density at radius 2 is 1.77 bits per heavy atom. The van der Waals surface area contributed by atoms with Gasteiger partial charge in [0.1, 0.15) is 0 Å². The van der Waals surface area contributed by atoms with Crippen molar-refractivity contribution in [1.29, 1.82) is 0 Å². The third kappa shape index (κ3) is 1.87. The summed E-state index contributed by atoms with van der Waals surface area (Å²) < 4.78 is 0. The number of rotatable bonds is 2. The summed E-state index contributed by atoms with van der Waals surface area (Å²) in [5, 5.41) is 17.7. The molecular weight excluding hydrogens is 168 g/mol. The van der Waals surface area contributed by atoms with Gasteiger partial charge in [0.15, 0.2) is 0 Å². The summed E-state index contributed by atoms with van der Waals surface area (Å²) in [5.41, 5.74) is 2.46. The van der Waals surface area contributed by atoms with Crippen molar-refractivity contribution in [2.75, 3.05) is 0 Å². The molecule has 1 aromatic carbocycles. The average molecular weight is 180 g/mol. The van der Waals surface area contributed by atoms with Crippen LogP contribution >= 0.6 is 0 Å². The van der Waals surface area contributed by atoms with Gasteiger partial charge in [0.25, 0.3) is 0 Å². The van der Waals surface area contributed by atoms with Crippen LogP contribution in [0.1, 0.15) is 27.0 Å². The van der Waals surface area contributed by atoms with Crippen molar-refractivity contribution in [1.82, 2.24) is 0 Å². The number of carboxylic acids is 1. The maximum Gasteiger partial charge on any atom is 0.336 e. The molecule has 0 radical (unpaired) electrons. The molecule has 0 saturated heterocycles. The van der Waals surface area contributed by atoms with Gasteiger partial charge in [-0.3, -0.25) is 0 Å². The molecule has 0 unspecified atom stereocenters. The second-order valence-corrected chi connectivity index (χ2v) is 3.07. The van der Waals surface area contributed by atoms with Crippen molar-refractivity contribution in [2.45, 2.75) is 20.5 Å². The molecule has 0 heterocycles. The monoisotopic (exact) mass is 180 g/mol. The van der Waals surface area contributed by atoms with Crippen LogP contribution in [-0.4, -0.2) is 16.2 Å². The predicted molar refractivity (Wildman–Crippen MR) is 48.8 cm³/mol. The molecule has 70 valence electrons. The quantitative estimate of drug-likeness (QED) is 0.725. The Balaban J connectivity index is 3.31. The minimum absolute atomic E-state index is 0.0540. The fourth-order valence-electron chi connectivity index (χ4n) is 1.48. The third-order valence-electron chi connectivity index (χ3n) is 1.99. The predicted octanol–water partition coefficient (Wildman–Crippen LogP) is 1.49. The molecule has 0 aliphatic heterocycles. The van der Waals surface area contributed by atoms with E-state index in [-0.39, 0.29) is 6.61 Å². The normalized spacial score (nSPS) is 10.1. The van der Waals surface area contributed by atoms with Crippen LogP contribution < -0.4 is 0 Å². The Kier molecular flexibility index (Phi) is 2.68. The molecule has 0 atom stereocenters. The van der Waals surface area contributed by atoms with Gasteiger partial charge in [-0.2, -0.15) is 0 Å². The summed E-state index contributed by atoms with van der Waals surface area (Å²) in [6.45, 7) is 3.41. The fourth-order valence-corrected chi connectivity index (χ4v) is 1.48. The van der Waals surface area contributed by atoms with Gasteiger partial charge in [-0.05, 0) is 30.5 Å². The van der Waals surface area contributed by atoms with E-state index < -0.39 is 5.97 Å². The molecular formula is C10H12O3. The summed E-state index contributed by atoms with van der Waals surface area (Å²) in [6, 6.07) is 3.38. The molecule has 1 aromatic rings. The second kappa shape index (κ2) is 3.58. The third-order valence-corrected chi connectivity index (χ3v) is 1.99. The maximum absolute atomic E-state index is 10.8. The number of aromatic carboxylic acids is 1. The number of aliphatic hydroxyl groups is 1. The molecule has 0 aliphatic carbocycles. The molecule has 0 spiro atoms. The molecule has 0 bridgehead atoms. The highest BCUT2D eigenvalue weighted by Crippen LogP contribution is 2.16. The first-order valence-electron chi connectivity index (χ1n) is 4.00. The van der Waals surface area contributed by atoms with Crippen LogP contribution in [0.15, 0.2) is 12.1 Å². The fraction of sp³-hybridized carbons (Fsp3) is 0.300. The topological polar surface area (TPSA) is 57.5 Å². The van der Waals surface area contributed by atoms with E-state index in [0.717, 1.165) is 5.56 Å². The lowest BCUT2D eigenvalue weighted by Gasteiger charge is -2.07. The van der Waals surface area contributed by atoms with Gasteiger partial charge < -0.3 is 10.2 Å². The lowest BCUT2D eigenvalue weighted by Crippen LogP contribution is -2.04. The molecule has 2 N–H and O–H groups in total. The van der Waals surface area contributed by atoms with Gasteiger partial charge in [0, 0.05) is 0 Å². The lowest BCUT2D eigenvalue weighted by molar-refractivity contribution is 0.0695. The van der Waals surface area contributed by atoms with Crippen LogP contribution in [0.4, 0.5) is 0 Å². The van der Waals surface area contributed by atoms with Gasteiger partial charge in [-0.15, -0.1) is 0 Å². The summed E-state index contributed by atoms with van der Waals surface area (Å²) in [6.07, 6.45) is 0. The Hall–Kier alpha value is -1.35. The first-order valence-corrected chi connectivity index (χ1v) is 4.00. The van der Waals surface area contributed by atoms with Gasteiger partial charge in [-0.1, -0.05) is 12.1 Å². The Morgan fingerprint density at radius 3 is 2.08 bits per heavy atom. The number of hydrogen-bond acceptors (Lipinski definition) is 2. The van der Waals surface area contributed by atoms with Crippen molar-refractivity contribution >= 4 is 5.97 Å². The van der Waals surface area contributed by atoms with Crippen molar-refractivity contribution in [2.24, 2.45) is 0 Å². The molecule has 3 nitrogen and oxygen atoms in total.